The molecule has 1 aliphatic rings. The number of fused-ring (bicyclic) bond motifs is 1. The lowest BCUT2D eigenvalue weighted by molar-refractivity contribution is -0.138. The van der Waals surface area contributed by atoms with E-state index < -0.39 is 10.1 Å². The van der Waals surface area contributed by atoms with Gasteiger partial charge in [0.1, 0.15) is 6.61 Å². The van der Waals surface area contributed by atoms with Crippen molar-refractivity contribution in [1.29, 1.82) is 0 Å². The van der Waals surface area contributed by atoms with E-state index in [-0.39, 0.29) is 12.1 Å². The number of esters is 1. The van der Waals surface area contributed by atoms with Crippen molar-refractivity contribution in [2.24, 2.45) is 5.92 Å². The molecule has 7 nitrogen and oxygen atoms in total. The Bertz CT molecular complexity index is 1290. The van der Waals surface area contributed by atoms with Gasteiger partial charge in [-0.15, -0.1) is 0 Å². The van der Waals surface area contributed by atoms with Gasteiger partial charge in [-0.25, -0.2) is 4.79 Å². The van der Waals surface area contributed by atoms with Crippen LogP contribution < -0.4 is 10.2 Å². The number of nitrogens with zero attached hydrogens (tertiary/aromatic N) is 1. The van der Waals surface area contributed by atoms with Crippen LogP contribution in [0, 0.1) is 5.92 Å². The van der Waals surface area contributed by atoms with Crippen LogP contribution in [0.3, 0.4) is 0 Å². The van der Waals surface area contributed by atoms with Crippen LogP contribution in [0.15, 0.2) is 72.2 Å². The summed E-state index contributed by atoms with van der Waals surface area (Å²) in [6, 6.07) is 17.3. The Morgan fingerprint density at radius 3 is 1.96 bits per heavy atom. The molecule has 0 aliphatic carbocycles. The first-order chi connectivity index (χ1) is 22.6. The summed E-state index contributed by atoms with van der Waals surface area (Å²) in [5.41, 5.74) is 3.57. The van der Waals surface area contributed by atoms with Gasteiger partial charge in [-0.1, -0.05) is 146 Å². The SMILES string of the molecule is C=C(C)C(=O)OCCN1c2ccccc2NC1CCCCCCCCCCCCCCCC(C)C.O=S(=O)(O)C=Cc1ccccc1. The van der Waals surface area contributed by atoms with Gasteiger partial charge in [0.2, 0.25) is 0 Å². The van der Waals surface area contributed by atoms with Crippen molar-refractivity contribution >= 4 is 33.5 Å². The lowest BCUT2D eigenvalue weighted by atomic mass is 10.0. The summed E-state index contributed by atoms with van der Waals surface area (Å²) in [5.74, 6) is 0.560. The van der Waals surface area contributed by atoms with Crippen molar-refractivity contribution in [3.63, 3.8) is 0 Å². The first-order valence-electron chi connectivity index (χ1n) is 17.7. The molecular weight excluding hydrogens is 609 g/mol. The van der Waals surface area contributed by atoms with Gasteiger partial charge in [-0.2, -0.15) is 8.42 Å². The van der Waals surface area contributed by atoms with Gasteiger partial charge in [0.05, 0.1) is 29.5 Å². The highest BCUT2D eigenvalue weighted by molar-refractivity contribution is 7.88. The van der Waals surface area contributed by atoms with Crippen LogP contribution in [-0.4, -0.2) is 38.3 Å². The highest BCUT2D eigenvalue weighted by Crippen LogP contribution is 2.35. The molecule has 8 heteroatoms. The van der Waals surface area contributed by atoms with Gasteiger partial charge in [-0.3, -0.25) is 4.55 Å². The number of para-hydroxylation sites is 2. The van der Waals surface area contributed by atoms with E-state index in [0.29, 0.717) is 18.7 Å². The largest absolute Gasteiger partial charge is 0.460 e. The van der Waals surface area contributed by atoms with E-state index in [2.05, 4.69) is 54.9 Å². The number of anilines is 2. The van der Waals surface area contributed by atoms with Crippen LogP contribution in [0.2, 0.25) is 0 Å². The predicted octanol–water partition coefficient (Wildman–Crippen LogP) is 10.4. The maximum absolute atomic E-state index is 11.7. The van der Waals surface area contributed by atoms with Crippen LogP contribution in [-0.2, 0) is 19.6 Å². The van der Waals surface area contributed by atoms with Crippen LogP contribution >= 0.6 is 0 Å². The number of ether oxygens (including phenoxy) is 1. The molecule has 1 aliphatic heterocycles. The van der Waals surface area contributed by atoms with Crippen molar-refractivity contribution in [1.82, 2.24) is 0 Å². The van der Waals surface area contributed by atoms with Crippen LogP contribution in [0.1, 0.15) is 123 Å². The lowest BCUT2D eigenvalue weighted by Crippen LogP contribution is -2.38. The number of nitrogens with one attached hydrogen (secondary N) is 1. The van der Waals surface area contributed by atoms with Crippen molar-refractivity contribution in [2.75, 3.05) is 23.4 Å². The fourth-order valence-corrected chi connectivity index (χ4v) is 6.03. The average Bonchev–Trinajstić information content (AvgIpc) is 3.39. The highest BCUT2D eigenvalue weighted by atomic mass is 32.2. The van der Waals surface area contributed by atoms with Crippen molar-refractivity contribution < 1.29 is 22.5 Å². The standard InChI is InChI=1S/C31H52N2O2.C8H8O3S/c1-26(2)20-16-14-12-10-8-6-5-7-9-11-13-15-17-23-30-32-28-21-18-19-22-29(28)33(30)24-25-35-31(34)27(3)4;9-12(10,11)7-6-8-4-2-1-3-5-8/h18-19,21-22,26,30,32H,3,5-17,20,23-25H2,1-2,4H3;1-7H,(H,9,10,11). The van der Waals surface area contributed by atoms with E-state index >= 15 is 0 Å². The number of hydrogen-bond donors (Lipinski definition) is 2. The van der Waals surface area contributed by atoms with E-state index in [4.69, 9.17) is 9.29 Å². The highest BCUT2D eigenvalue weighted by Gasteiger charge is 2.27. The second-order valence-corrected chi connectivity index (χ2v) is 14.4. The van der Waals surface area contributed by atoms with Gasteiger partial charge in [0, 0.05) is 5.57 Å². The zero-order valence-electron chi connectivity index (χ0n) is 29.2. The lowest BCUT2D eigenvalue weighted by Gasteiger charge is -2.27. The molecule has 1 unspecified atom stereocenters. The molecule has 0 fully saturated rings. The third kappa shape index (κ3) is 18.7. The minimum atomic E-state index is -4.00. The summed E-state index contributed by atoms with van der Waals surface area (Å²) >= 11 is 0. The summed E-state index contributed by atoms with van der Waals surface area (Å²) in [6.07, 6.45) is 22.1. The van der Waals surface area contributed by atoms with E-state index in [1.54, 1.807) is 31.2 Å². The number of carbonyl (C=O) groups is 1. The van der Waals surface area contributed by atoms with Gasteiger partial charge in [0.25, 0.3) is 10.1 Å². The third-order valence-electron chi connectivity index (χ3n) is 8.32. The Kier molecular flexibility index (Phi) is 19.8. The maximum Gasteiger partial charge on any atom is 0.333 e. The van der Waals surface area contributed by atoms with E-state index in [1.165, 1.54) is 107 Å². The molecule has 0 saturated heterocycles. The monoisotopic (exact) mass is 668 g/mol. The molecule has 0 spiro atoms. The fraction of sp³-hybridized carbons (Fsp3) is 0.564. The number of rotatable bonds is 22. The average molecular weight is 669 g/mol. The van der Waals surface area contributed by atoms with E-state index in [0.717, 1.165) is 23.3 Å². The molecule has 0 radical (unpaired) electrons. The van der Waals surface area contributed by atoms with Crippen molar-refractivity contribution in [3.8, 4) is 0 Å². The summed E-state index contributed by atoms with van der Waals surface area (Å²) in [6.45, 7) is 11.1. The normalized spacial score (nSPS) is 14.1. The maximum atomic E-state index is 11.7. The zero-order valence-corrected chi connectivity index (χ0v) is 30.0. The predicted molar refractivity (Wildman–Crippen MR) is 198 cm³/mol. The van der Waals surface area contributed by atoms with Gasteiger partial charge in [0.15, 0.2) is 0 Å². The molecule has 262 valence electrons. The van der Waals surface area contributed by atoms with Crippen molar-refractivity contribution in [2.45, 2.75) is 123 Å². The summed E-state index contributed by atoms with van der Waals surface area (Å²) in [5, 5.41) is 4.42. The second-order valence-electron chi connectivity index (χ2n) is 13.1. The zero-order chi connectivity index (χ0) is 34.3. The summed E-state index contributed by atoms with van der Waals surface area (Å²) in [7, 11) is -4.00. The van der Waals surface area contributed by atoms with Crippen LogP contribution in [0.5, 0.6) is 0 Å². The van der Waals surface area contributed by atoms with Gasteiger partial charge >= 0.3 is 5.97 Å². The Morgan fingerprint density at radius 1 is 0.872 bits per heavy atom. The molecule has 0 aromatic heterocycles. The second kappa shape index (κ2) is 23.3. The van der Waals surface area contributed by atoms with Crippen LogP contribution in [0.25, 0.3) is 6.08 Å². The first kappa shape index (κ1) is 40.1. The number of hydrogen-bond acceptors (Lipinski definition) is 6. The Balaban J connectivity index is 0.000000535. The summed E-state index contributed by atoms with van der Waals surface area (Å²) in [4.78, 5) is 14.1. The minimum Gasteiger partial charge on any atom is -0.460 e. The molecule has 0 amide bonds. The minimum absolute atomic E-state index is 0.279. The number of benzene rings is 2. The van der Waals surface area contributed by atoms with Crippen molar-refractivity contribution in [3.05, 3.63) is 77.7 Å². The molecule has 2 aromatic rings. The van der Waals surface area contributed by atoms with Gasteiger partial charge in [-0.05, 0) is 49.5 Å². The fourth-order valence-electron chi connectivity index (χ4n) is 5.70. The third-order valence-corrected chi connectivity index (χ3v) is 8.80. The molecule has 1 heterocycles. The molecule has 0 bridgehead atoms. The molecule has 2 N–H and O–H groups in total. The topological polar surface area (TPSA) is 95.9 Å². The first-order valence-corrected chi connectivity index (χ1v) is 19.2. The Morgan fingerprint density at radius 2 is 1.40 bits per heavy atom. The summed E-state index contributed by atoms with van der Waals surface area (Å²) < 4.78 is 34.3. The molecule has 3 rings (SSSR count). The molecule has 0 saturated carbocycles. The Hall–Kier alpha value is -3.10. The van der Waals surface area contributed by atoms with E-state index in [1.807, 2.05) is 6.07 Å². The molecule has 1 atom stereocenters. The quantitative estimate of drug-likeness (QED) is 0.0558. The van der Waals surface area contributed by atoms with Crippen LogP contribution in [0.4, 0.5) is 11.4 Å². The molecular formula is C39H60N2O5S. The molecule has 2 aromatic carbocycles. The Labute approximate surface area is 285 Å². The number of unbranched alkanes of at least 4 members (excludes halogenated alkanes) is 12. The van der Waals surface area contributed by atoms with Gasteiger partial charge < -0.3 is 15.0 Å². The molecule has 47 heavy (non-hydrogen) atoms. The smallest absolute Gasteiger partial charge is 0.333 e. The van der Waals surface area contributed by atoms with E-state index in [9.17, 15) is 13.2 Å². The number of carbonyl (C=O) groups excluding carboxylic acids is 1.